The van der Waals surface area contributed by atoms with Gasteiger partial charge in [0, 0.05) is 15.4 Å². The lowest BCUT2D eigenvalue weighted by Gasteiger charge is -2.14. The van der Waals surface area contributed by atoms with Crippen molar-refractivity contribution in [3.63, 3.8) is 0 Å². The number of halogens is 3. The van der Waals surface area contributed by atoms with E-state index >= 15 is 0 Å². The van der Waals surface area contributed by atoms with Gasteiger partial charge in [0.15, 0.2) is 11.5 Å². The number of hydrogen-bond donors (Lipinski definition) is 0. The highest BCUT2D eigenvalue weighted by Gasteiger charge is 2.15. The summed E-state index contributed by atoms with van der Waals surface area (Å²) < 4.78 is 14.4. The summed E-state index contributed by atoms with van der Waals surface area (Å²) in [5.41, 5.74) is 2.11. The number of rotatable bonds is 7. The quantitative estimate of drug-likeness (QED) is 0.206. The molecule has 4 rings (SSSR count). The molecule has 9 heteroatoms. The average Bonchev–Trinajstić information content (AvgIpc) is 2.83. The topological polar surface area (TPSA) is 65.7 Å². The molecule has 35 heavy (non-hydrogen) atoms. The first-order chi connectivity index (χ1) is 16.8. The Morgan fingerprint density at radius 2 is 1.86 bits per heavy atom. The maximum Gasteiger partial charge on any atom is 0.282 e. The zero-order valence-corrected chi connectivity index (χ0v) is 23.2. The Bertz CT molecular complexity index is 1470. The van der Waals surface area contributed by atoms with E-state index in [9.17, 15) is 4.79 Å². The summed E-state index contributed by atoms with van der Waals surface area (Å²) >= 11 is 13.0. The summed E-state index contributed by atoms with van der Waals surface area (Å²) in [6, 6.07) is 16.6. The number of hydrogen-bond acceptors (Lipinski definition) is 5. The molecule has 0 atom stereocenters. The van der Waals surface area contributed by atoms with Crippen molar-refractivity contribution < 1.29 is 9.47 Å². The van der Waals surface area contributed by atoms with Crippen LogP contribution in [0, 0.1) is 0 Å². The summed E-state index contributed by atoms with van der Waals surface area (Å²) in [6.07, 6.45) is 1.61. The minimum absolute atomic E-state index is 0.00203. The van der Waals surface area contributed by atoms with E-state index in [-0.39, 0.29) is 11.5 Å². The van der Waals surface area contributed by atoms with Crippen LogP contribution in [0.1, 0.15) is 36.7 Å². The zero-order chi connectivity index (χ0) is 25.1. The van der Waals surface area contributed by atoms with Gasteiger partial charge in [-0.25, -0.2) is 4.98 Å². The van der Waals surface area contributed by atoms with Crippen LogP contribution in [-0.4, -0.2) is 23.0 Å². The Balaban J connectivity index is 1.68. The van der Waals surface area contributed by atoms with Crippen molar-refractivity contribution in [2.75, 3.05) is 7.11 Å². The third kappa shape index (κ3) is 5.77. The molecule has 0 saturated carbocycles. The number of aromatic nitrogens is 2. The molecule has 1 aromatic heterocycles. The maximum atomic E-state index is 13.2. The van der Waals surface area contributed by atoms with Crippen molar-refractivity contribution in [3.8, 4) is 11.5 Å². The molecule has 0 unspecified atom stereocenters. The molecule has 0 radical (unpaired) electrons. The normalized spacial score (nSPS) is 11.5. The molecule has 0 fully saturated rings. The second kappa shape index (κ2) is 10.9. The molecule has 0 aliphatic heterocycles. The smallest absolute Gasteiger partial charge is 0.282 e. The van der Waals surface area contributed by atoms with E-state index in [4.69, 9.17) is 21.1 Å². The van der Waals surface area contributed by atoms with Crippen molar-refractivity contribution in [1.82, 2.24) is 9.66 Å². The van der Waals surface area contributed by atoms with Crippen LogP contribution in [0.25, 0.3) is 10.9 Å². The Kier molecular flexibility index (Phi) is 7.94. The highest BCUT2D eigenvalue weighted by Crippen LogP contribution is 2.37. The Hall–Kier alpha value is -2.68. The van der Waals surface area contributed by atoms with Crippen LogP contribution < -0.4 is 15.0 Å². The molecule has 180 valence electrons. The second-order valence-electron chi connectivity index (χ2n) is 8.10. The van der Waals surface area contributed by atoms with Gasteiger partial charge >= 0.3 is 0 Å². The van der Waals surface area contributed by atoms with Crippen LogP contribution in [0.5, 0.6) is 11.5 Å². The lowest BCUT2D eigenvalue weighted by Crippen LogP contribution is -2.23. The number of methoxy groups -OCH3 is 1. The predicted octanol–water partition coefficient (Wildman–Crippen LogP) is 7.17. The fraction of sp³-hybridized carbons (Fsp3) is 0.192. The van der Waals surface area contributed by atoms with Gasteiger partial charge in [-0.1, -0.05) is 53.5 Å². The molecule has 0 aliphatic carbocycles. The van der Waals surface area contributed by atoms with E-state index in [0.717, 1.165) is 15.6 Å². The van der Waals surface area contributed by atoms with Gasteiger partial charge in [0.1, 0.15) is 12.4 Å². The van der Waals surface area contributed by atoms with Gasteiger partial charge in [-0.2, -0.15) is 9.78 Å². The van der Waals surface area contributed by atoms with Gasteiger partial charge in [0.05, 0.1) is 28.7 Å². The van der Waals surface area contributed by atoms with E-state index in [2.05, 4.69) is 41.9 Å². The fourth-order valence-corrected chi connectivity index (χ4v) is 4.53. The van der Waals surface area contributed by atoms with E-state index in [0.29, 0.717) is 44.3 Å². The summed E-state index contributed by atoms with van der Waals surface area (Å²) in [5.74, 6) is 1.68. The van der Waals surface area contributed by atoms with Crippen LogP contribution in [0.3, 0.4) is 0 Å². The zero-order valence-electron chi connectivity index (χ0n) is 19.3. The van der Waals surface area contributed by atoms with Crippen LogP contribution in [-0.2, 0) is 6.61 Å². The van der Waals surface area contributed by atoms with Gasteiger partial charge in [-0.3, -0.25) is 4.79 Å². The Morgan fingerprint density at radius 1 is 1.11 bits per heavy atom. The highest BCUT2D eigenvalue weighted by atomic mass is 79.9. The van der Waals surface area contributed by atoms with Crippen LogP contribution in [0.15, 0.2) is 73.4 Å². The second-order valence-corrected chi connectivity index (χ2v) is 10.3. The third-order valence-electron chi connectivity index (χ3n) is 5.22. The molecule has 4 aromatic rings. The van der Waals surface area contributed by atoms with E-state index in [1.54, 1.807) is 25.5 Å². The van der Waals surface area contributed by atoms with Crippen LogP contribution in [0.4, 0.5) is 0 Å². The molecule has 0 amide bonds. The first-order valence-corrected chi connectivity index (χ1v) is 12.7. The minimum atomic E-state index is -0.231. The summed E-state index contributed by atoms with van der Waals surface area (Å²) in [7, 11) is 1.57. The van der Waals surface area contributed by atoms with Crippen molar-refractivity contribution in [1.29, 1.82) is 0 Å². The third-order valence-corrected chi connectivity index (χ3v) is 6.55. The number of fused-ring (bicyclic) bond motifs is 1. The Labute approximate surface area is 224 Å². The molecule has 0 saturated heterocycles. The molecule has 3 aromatic carbocycles. The summed E-state index contributed by atoms with van der Waals surface area (Å²) in [4.78, 5) is 17.9. The molecule has 0 aliphatic rings. The first kappa shape index (κ1) is 25.4. The van der Waals surface area contributed by atoms with Gasteiger partial charge in [0.2, 0.25) is 0 Å². The van der Waals surface area contributed by atoms with Gasteiger partial charge < -0.3 is 9.47 Å². The highest BCUT2D eigenvalue weighted by molar-refractivity contribution is 9.10. The Morgan fingerprint density at radius 3 is 2.54 bits per heavy atom. The van der Waals surface area contributed by atoms with Crippen molar-refractivity contribution >= 4 is 60.6 Å². The number of ether oxygens (including phenoxy) is 2. The van der Waals surface area contributed by atoms with Crippen LogP contribution in [0.2, 0.25) is 5.02 Å². The average molecular weight is 620 g/mol. The van der Waals surface area contributed by atoms with Gasteiger partial charge in [-0.05, 0) is 69.5 Å². The predicted molar refractivity (Wildman–Crippen MR) is 147 cm³/mol. The van der Waals surface area contributed by atoms with Crippen molar-refractivity contribution in [2.24, 2.45) is 5.10 Å². The first-order valence-electron chi connectivity index (χ1n) is 10.8. The molecular formula is C26H22Br2ClN3O3. The summed E-state index contributed by atoms with van der Waals surface area (Å²) in [5, 5.41) is 5.66. The van der Waals surface area contributed by atoms with Gasteiger partial charge in [0.25, 0.3) is 5.56 Å². The van der Waals surface area contributed by atoms with Crippen molar-refractivity contribution in [2.45, 2.75) is 26.4 Å². The van der Waals surface area contributed by atoms with E-state index < -0.39 is 0 Å². The summed E-state index contributed by atoms with van der Waals surface area (Å²) in [6.45, 7) is 4.31. The van der Waals surface area contributed by atoms with Crippen LogP contribution >= 0.6 is 43.5 Å². The van der Waals surface area contributed by atoms with Gasteiger partial charge in [-0.15, -0.1) is 0 Å². The molecule has 6 nitrogen and oxygen atoms in total. The number of nitrogens with zero attached hydrogens (tertiary/aromatic N) is 3. The lowest BCUT2D eigenvalue weighted by molar-refractivity contribution is 0.282. The molecular weight excluding hydrogens is 598 g/mol. The minimum Gasteiger partial charge on any atom is -0.493 e. The molecule has 0 bridgehead atoms. The van der Waals surface area contributed by atoms with Crippen molar-refractivity contribution in [3.05, 3.63) is 95.9 Å². The molecule has 1 heterocycles. The van der Waals surface area contributed by atoms with E-state index in [1.165, 1.54) is 4.68 Å². The SMILES string of the molecule is COc1cc(C=Nn2c(C(C)C)nc3ccc(Br)cc3c2=O)cc(Br)c1OCc1ccc(Cl)cc1. The molecule has 0 N–H and O–H groups in total. The lowest BCUT2D eigenvalue weighted by atomic mass is 10.2. The number of benzene rings is 3. The van der Waals surface area contributed by atoms with E-state index in [1.807, 2.05) is 56.3 Å². The monoisotopic (exact) mass is 617 g/mol. The fourth-order valence-electron chi connectivity index (χ4n) is 3.47. The largest absolute Gasteiger partial charge is 0.493 e. The molecule has 0 spiro atoms. The maximum absolute atomic E-state index is 13.2. The standard InChI is InChI=1S/C26H22Br2ClN3O3/c1-15(2)25-31-22-9-6-18(27)12-20(22)26(33)32(25)30-13-17-10-21(28)24(23(11-17)34-3)35-14-16-4-7-19(29)8-5-16/h4-13,15H,14H2,1-3H3.